The van der Waals surface area contributed by atoms with Gasteiger partial charge in [-0.1, -0.05) is 47.5 Å². The molecule has 10 nitrogen and oxygen atoms in total. The maximum absolute atomic E-state index is 13.3. The lowest BCUT2D eigenvalue weighted by Gasteiger charge is -2.42. The summed E-state index contributed by atoms with van der Waals surface area (Å²) in [4.78, 5) is 29.8. The molecule has 5 N–H and O–H groups in total. The summed E-state index contributed by atoms with van der Waals surface area (Å²) in [5.74, 6) is -1.12. The van der Waals surface area contributed by atoms with Crippen molar-refractivity contribution in [3.63, 3.8) is 0 Å². The standard InChI is InChI=1S/C27H21Cl2N3O7/c1-38-24-13(8-33)39-27(23(35)22(24)34)32-20-10(5-3-7-12(20)29)15-17-16(25(36)31-26(17)37)14-9-4-2-6-11(28)18(9)30-19(14)21(15)32/h2-7,13,22-24,27,30,33-35H,8H2,1H3,(H,31,36,37)/t13?,22-,23?,24-,27-/m1/s1. The third kappa shape index (κ3) is 3.16. The van der Waals surface area contributed by atoms with Crippen molar-refractivity contribution in [2.24, 2.45) is 0 Å². The molecule has 3 aromatic carbocycles. The van der Waals surface area contributed by atoms with Gasteiger partial charge in [0.05, 0.1) is 49.8 Å². The number of aromatic nitrogens is 2. The van der Waals surface area contributed by atoms with Gasteiger partial charge in [-0.25, -0.2) is 0 Å². The number of ether oxygens (including phenoxy) is 2. The molecular weight excluding hydrogens is 549 g/mol. The first-order chi connectivity index (χ1) is 18.8. The molecule has 0 spiro atoms. The van der Waals surface area contributed by atoms with Crippen molar-refractivity contribution in [3.8, 4) is 0 Å². The Balaban J connectivity index is 1.71. The molecule has 12 heteroatoms. The molecule has 2 amide bonds. The summed E-state index contributed by atoms with van der Waals surface area (Å²) in [6.07, 6.45) is -6.18. The van der Waals surface area contributed by atoms with Crippen molar-refractivity contribution in [1.29, 1.82) is 0 Å². The normalized spacial score (nSPS) is 25.3. The van der Waals surface area contributed by atoms with E-state index < -0.39 is 49.1 Å². The molecule has 0 saturated carbocycles. The number of hydrogen-bond acceptors (Lipinski definition) is 7. The highest BCUT2D eigenvalue weighted by atomic mass is 35.5. The number of aliphatic hydroxyl groups excluding tert-OH is 3. The number of benzene rings is 3. The number of amides is 2. The molecule has 4 heterocycles. The zero-order valence-electron chi connectivity index (χ0n) is 20.2. The second-order valence-corrected chi connectivity index (χ2v) is 10.5. The quantitative estimate of drug-likeness (QED) is 0.210. The van der Waals surface area contributed by atoms with E-state index in [0.29, 0.717) is 48.6 Å². The molecule has 2 unspecified atom stereocenters. The molecule has 5 atom stereocenters. The van der Waals surface area contributed by atoms with Gasteiger partial charge in [0, 0.05) is 28.7 Å². The first-order valence-corrected chi connectivity index (χ1v) is 12.9. The fourth-order valence-electron chi connectivity index (χ4n) is 6.20. The predicted octanol–water partition coefficient (Wildman–Crippen LogP) is 3.25. The van der Waals surface area contributed by atoms with E-state index in [4.69, 9.17) is 32.7 Å². The number of hydrogen-bond donors (Lipinski definition) is 5. The second-order valence-electron chi connectivity index (χ2n) is 9.73. The molecule has 1 fully saturated rings. The first kappa shape index (κ1) is 24.8. The molecule has 2 aliphatic rings. The topological polar surface area (TPSA) is 146 Å². The average Bonchev–Trinajstić information content (AvgIpc) is 3.56. The Labute approximate surface area is 229 Å². The SMILES string of the molecule is CO[C@@H]1C(CO)O[C@@H](n2c3c(Cl)cccc3c3c4c(c5c6cccc(Cl)c6[nH]c5c32)C(=O)NC4=O)C(O)[C@H]1O. The Morgan fingerprint density at radius 3 is 2.28 bits per heavy atom. The number of rotatable bonds is 3. The lowest BCUT2D eigenvalue weighted by atomic mass is 9.96. The molecular formula is C27H21Cl2N3O7. The van der Waals surface area contributed by atoms with E-state index in [1.807, 2.05) is 0 Å². The number of methoxy groups -OCH3 is 1. The Bertz CT molecular complexity index is 1880. The van der Waals surface area contributed by atoms with E-state index in [1.54, 1.807) is 41.0 Å². The minimum atomic E-state index is -1.51. The van der Waals surface area contributed by atoms with Gasteiger partial charge in [-0.05, 0) is 12.1 Å². The molecule has 0 bridgehead atoms. The summed E-state index contributed by atoms with van der Waals surface area (Å²) < 4.78 is 13.1. The predicted molar refractivity (Wildman–Crippen MR) is 144 cm³/mol. The van der Waals surface area contributed by atoms with Crippen molar-refractivity contribution in [3.05, 3.63) is 57.6 Å². The van der Waals surface area contributed by atoms with E-state index in [-0.39, 0.29) is 16.1 Å². The Morgan fingerprint density at radius 2 is 1.59 bits per heavy atom. The highest BCUT2D eigenvalue weighted by Crippen LogP contribution is 2.48. The van der Waals surface area contributed by atoms with Gasteiger partial charge in [0.15, 0.2) is 6.23 Å². The summed E-state index contributed by atoms with van der Waals surface area (Å²) in [7, 11) is 1.35. The lowest BCUT2D eigenvalue weighted by molar-refractivity contribution is -0.255. The van der Waals surface area contributed by atoms with Gasteiger partial charge in [0.25, 0.3) is 11.8 Å². The molecule has 5 aromatic rings. The molecule has 0 aliphatic carbocycles. The highest BCUT2D eigenvalue weighted by molar-refractivity contribution is 6.43. The molecule has 200 valence electrons. The minimum Gasteiger partial charge on any atom is -0.394 e. The van der Waals surface area contributed by atoms with Crippen LogP contribution in [0.15, 0.2) is 36.4 Å². The Hall–Kier alpha value is -3.22. The maximum Gasteiger partial charge on any atom is 0.259 e. The van der Waals surface area contributed by atoms with Gasteiger partial charge < -0.3 is 34.3 Å². The number of H-pyrrole nitrogens is 1. The molecule has 0 radical (unpaired) electrons. The van der Waals surface area contributed by atoms with Crippen LogP contribution in [0.5, 0.6) is 0 Å². The summed E-state index contributed by atoms with van der Waals surface area (Å²) >= 11 is 13.3. The van der Waals surface area contributed by atoms with Crippen LogP contribution in [0.2, 0.25) is 10.0 Å². The third-order valence-corrected chi connectivity index (χ3v) is 8.41. The van der Waals surface area contributed by atoms with Gasteiger partial charge in [0.1, 0.15) is 24.4 Å². The number of halogens is 2. The zero-order chi connectivity index (χ0) is 27.3. The Morgan fingerprint density at radius 1 is 0.923 bits per heavy atom. The Kier molecular flexibility index (Phi) is 5.49. The van der Waals surface area contributed by atoms with Crippen LogP contribution in [0.4, 0.5) is 0 Å². The number of nitrogens with zero attached hydrogens (tertiary/aromatic N) is 1. The van der Waals surface area contributed by atoms with Crippen LogP contribution in [0.25, 0.3) is 43.6 Å². The van der Waals surface area contributed by atoms with Crippen molar-refractivity contribution in [1.82, 2.24) is 14.9 Å². The average molecular weight is 570 g/mol. The maximum atomic E-state index is 13.3. The number of imide groups is 1. The number of para-hydroxylation sites is 2. The van der Waals surface area contributed by atoms with Gasteiger partial charge >= 0.3 is 0 Å². The summed E-state index contributed by atoms with van der Waals surface area (Å²) in [5.41, 5.74) is 2.19. The van der Waals surface area contributed by atoms with Gasteiger partial charge in [-0.2, -0.15) is 0 Å². The van der Waals surface area contributed by atoms with Crippen LogP contribution in [0.1, 0.15) is 26.9 Å². The summed E-state index contributed by atoms with van der Waals surface area (Å²) in [6.45, 7) is -0.493. The van der Waals surface area contributed by atoms with E-state index in [1.165, 1.54) is 7.11 Å². The van der Waals surface area contributed by atoms with Crippen LogP contribution in [0.3, 0.4) is 0 Å². The van der Waals surface area contributed by atoms with Crippen LogP contribution in [-0.2, 0) is 9.47 Å². The van der Waals surface area contributed by atoms with Crippen LogP contribution in [0, 0.1) is 0 Å². The van der Waals surface area contributed by atoms with Gasteiger partial charge in [-0.3, -0.25) is 14.9 Å². The molecule has 7 rings (SSSR count). The molecule has 2 aliphatic heterocycles. The summed E-state index contributed by atoms with van der Waals surface area (Å²) in [5, 5.41) is 37.5. The number of aromatic amines is 1. The van der Waals surface area contributed by atoms with Crippen LogP contribution >= 0.6 is 23.2 Å². The number of carbonyl (C=O) groups is 2. The smallest absolute Gasteiger partial charge is 0.259 e. The van der Waals surface area contributed by atoms with E-state index in [2.05, 4.69) is 10.3 Å². The van der Waals surface area contributed by atoms with Crippen molar-refractivity contribution >= 4 is 78.6 Å². The first-order valence-electron chi connectivity index (χ1n) is 12.2. The number of carbonyl (C=O) groups excluding carboxylic acids is 2. The largest absolute Gasteiger partial charge is 0.394 e. The minimum absolute atomic E-state index is 0.161. The highest BCUT2D eigenvalue weighted by Gasteiger charge is 2.47. The van der Waals surface area contributed by atoms with Gasteiger partial charge in [0.2, 0.25) is 0 Å². The number of aliphatic hydroxyl groups is 3. The molecule has 1 saturated heterocycles. The van der Waals surface area contributed by atoms with Crippen molar-refractivity contribution in [2.45, 2.75) is 30.6 Å². The fourth-order valence-corrected chi connectivity index (χ4v) is 6.68. The van der Waals surface area contributed by atoms with Gasteiger partial charge in [-0.15, -0.1) is 0 Å². The molecule has 2 aromatic heterocycles. The van der Waals surface area contributed by atoms with E-state index >= 15 is 0 Å². The zero-order valence-corrected chi connectivity index (χ0v) is 21.7. The third-order valence-electron chi connectivity index (χ3n) is 7.79. The monoisotopic (exact) mass is 569 g/mol. The van der Waals surface area contributed by atoms with Crippen LogP contribution < -0.4 is 5.32 Å². The summed E-state index contributed by atoms with van der Waals surface area (Å²) in [6, 6.07) is 10.4. The lowest BCUT2D eigenvalue weighted by Crippen LogP contribution is -2.57. The van der Waals surface area contributed by atoms with E-state index in [0.717, 1.165) is 0 Å². The molecule has 39 heavy (non-hydrogen) atoms. The van der Waals surface area contributed by atoms with E-state index in [9.17, 15) is 24.9 Å². The second kappa shape index (κ2) is 8.64. The fraction of sp³-hybridized carbons (Fsp3) is 0.259. The number of nitrogens with one attached hydrogen (secondary N) is 2. The van der Waals surface area contributed by atoms with Crippen LogP contribution in [-0.4, -0.2) is 74.8 Å². The van der Waals surface area contributed by atoms with Crippen molar-refractivity contribution in [2.75, 3.05) is 13.7 Å². The van der Waals surface area contributed by atoms with Crippen molar-refractivity contribution < 1.29 is 34.4 Å². The number of fused-ring (bicyclic) bond motifs is 10.